The first-order valence-corrected chi connectivity index (χ1v) is 5.78. The third-order valence-corrected chi connectivity index (χ3v) is 2.87. The lowest BCUT2D eigenvalue weighted by molar-refractivity contribution is -0.132. The Balaban J connectivity index is 2.26. The molecule has 1 N–H and O–H groups in total. The van der Waals surface area contributed by atoms with E-state index in [4.69, 9.17) is 9.84 Å². The summed E-state index contributed by atoms with van der Waals surface area (Å²) >= 11 is 0. The third-order valence-electron chi connectivity index (χ3n) is 2.87. The second kappa shape index (κ2) is 6.62. The Labute approximate surface area is 91.1 Å². The summed E-state index contributed by atoms with van der Waals surface area (Å²) in [6, 6.07) is 0. The molecule has 0 atom stereocenters. The van der Waals surface area contributed by atoms with Crippen LogP contribution in [-0.2, 0) is 9.53 Å². The molecule has 3 nitrogen and oxygen atoms in total. The lowest BCUT2D eigenvalue weighted by Crippen LogP contribution is -2.16. The Morgan fingerprint density at radius 3 is 2.60 bits per heavy atom. The van der Waals surface area contributed by atoms with E-state index in [1.54, 1.807) is 6.08 Å². The van der Waals surface area contributed by atoms with Gasteiger partial charge in [0.25, 0.3) is 0 Å². The topological polar surface area (TPSA) is 46.5 Å². The number of ether oxygens (including phenoxy) is 1. The molecule has 1 saturated carbocycles. The minimum absolute atomic E-state index is 0.349. The summed E-state index contributed by atoms with van der Waals surface area (Å²) < 4.78 is 5.63. The van der Waals surface area contributed by atoms with Crippen molar-refractivity contribution in [1.29, 1.82) is 0 Å². The van der Waals surface area contributed by atoms with Gasteiger partial charge in [-0.1, -0.05) is 26.2 Å². The molecule has 1 aliphatic carbocycles. The highest BCUT2D eigenvalue weighted by Gasteiger charge is 2.13. The van der Waals surface area contributed by atoms with Crippen LogP contribution in [0.3, 0.4) is 0 Å². The first-order valence-electron chi connectivity index (χ1n) is 5.78. The molecule has 0 saturated heterocycles. The summed E-state index contributed by atoms with van der Waals surface area (Å²) in [5.74, 6) is -0.829. The normalized spacial score (nSPS) is 19.1. The smallest absolute Gasteiger partial charge is 0.331 e. The van der Waals surface area contributed by atoms with Crippen molar-refractivity contribution in [2.24, 2.45) is 0 Å². The van der Waals surface area contributed by atoms with E-state index < -0.39 is 5.97 Å². The summed E-state index contributed by atoms with van der Waals surface area (Å²) in [5, 5.41) is 8.79. The van der Waals surface area contributed by atoms with Gasteiger partial charge in [-0.2, -0.15) is 0 Å². The maximum atomic E-state index is 10.7. The second-order valence-corrected chi connectivity index (χ2v) is 3.98. The minimum atomic E-state index is -0.829. The average molecular weight is 212 g/mol. The van der Waals surface area contributed by atoms with Crippen molar-refractivity contribution >= 4 is 5.97 Å². The molecule has 0 aromatic carbocycles. The average Bonchev–Trinajstić information content (AvgIpc) is 2.25. The van der Waals surface area contributed by atoms with Gasteiger partial charge in [0.15, 0.2) is 0 Å². The first-order chi connectivity index (χ1) is 7.24. The molecular formula is C12H20O3. The molecular weight excluding hydrogens is 192 g/mol. The van der Waals surface area contributed by atoms with Gasteiger partial charge in [-0.25, -0.2) is 4.79 Å². The van der Waals surface area contributed by atoms with E-state index in [2.05, 4.69) is 0 Å². The second-order valence-electron chi connectivity index (χ2n) is 3.98. The van der Waals surface area contributed by atoms with Gasteiger partial charge >= 0.3 is 5.97 Å². The number of aliphatic carboxylic acids is 1. The van der Waals surface area contributed by atoms with Crippen molar-refractivity contribution in [2.75, 3.05) is 6.61 Å². The number of hydrogen-bond donors (Lipinski definition) is 1. The van der Waals surface area contributed by atoms with E-state index in [0.29, 0.717) is 24.7 Å². The zero-order valence-electron chi connectivity index (χ0n) is 9.37. The van der Waals surface area contributed by atoms with E-state index in [0.717, 1.165) is 12.8 Å². The largest absolute Gasteiger partial charge is 0.478 e. The van der Waals surface area contributed by atoms with Crippen LogP contribution < -0.4 is 0 Å². The zero-order chi connectivity index (χ0) is 11.1. The zero-order valence-corrected chi connectivity index (χ0v) is 9.37. The SMILES string of the molecule is CCC(=CCOC1CCCCC1)C(=O)O. The van der Waals surface area contributed by atoms with E-state index in [9.17, 15) is 4.79 Å². The molecule has 0 spiro atoms. The first kappa shape index (κ1) is 12.2. The lowest BCUT2D eigenvalue weighted by Gasteiger charge is -2.21. The van der Waals surface area contributed by atoms with E-state index >= 15 is 0 Å². The molecule has 0 unspecified atom stereocenters. The molecule has 1 rings (SSSR count). The number of carboxylic acids is 1. The van der Waals surface area contributed by atoms with Crippen molar-refractivity contribution < 1.29 is 14.6 Å². The van der Waals surface area contributed by atoms with Crippen LogP contribution in [0.15, 0.2) is 11.6 Å². The molecule has 0 aromatic rings. The van der Waals surface area contributed by atoms with Crippen molar-refractivity contribution in [1.82, 2.24) is 0 Å². The molecule has 0 heterocycles. The van der Waals surface area contributed by atoms with Gasteiger partial charge in [0.05, 0.1) is 12.7 Å². The van der Waals surface area contributed by atoms with Gasteiger partial charge < -0.3 is 9.84 Å². The number of rotatable bonds is 5. The van der Waals surface area contributed by atoms with E-state index in [-0.39, 0.29) is 0 Å². The molecule has 0 amide bonds. The van der Waals surface area contributed by atoms with Crippen molar-refractivity contribution in [3.63, 3.8) is 0 Å². The molecule has 0 aliphatic heterocycles. The van der Waals surface area contributed by atoms with Crippen molar-refractivity contribution in [2.45, 2.75) is 51.6 Å². The molecule has 0 bridgehead atoms. The predicted molar refractivity (Wildman–Crippen MR) is 58.8 cm³/mol. The fourth-order valence-electron chi connectivity index (χ4n) is 1.90. The van der Waals surface area contributed by atoms with Crippen LogP contribution in [0, 0.1) is 0 Å². The molecule has 0 aromatic heterocycles. The highest BCUT2D eigenvalue weighted by molar-refractivity contribution is 5.86. The molecule has 0 radical (unpaired) electrons. The molecule has 86 valence electrons. The Morgan fingerprint density at radius 2 is 2.07 bits per heavy atom. The standard InChI is InChI=1S/C12H20O3/c1-2-10(12(13)14)8-9-15-11-6-4-3-5-7-11/h8,11H,2-7,9H2,1H3,(H,13,14). The Morgan fingerprint density at radius 1 is 1.40 bits per heavy atom. The van der Waals surface area contributed by atoms with Gasteiger partial charge in [0.2, 0.25) is 0 Å². The van der Waals surface area contributed by atoms with Crippen LogP contribution >= 0.6 is 0 Å². The molecule has 15 heavy (non-hydrogen) atoms. The van der Waals surface area contributed by atoms with Gasteiger partial charge in [0, 0.05) is 5.57 Å². The van der Waals surface area contributed by atoms with Gasteiger partial charge in [0.1, 0.15) is 0 Å². The fraction of sp³-hybridized carbons (Fsp3) is 0.750. The quantitative estimate of drug-likeness (QED) is 0.713. The van der Waals surface area contributed by atoms with Crippen LogP contribution in [0.25, 0.3) is 0 Å². The number of hydrogen-bond acceptors (Lipinski definition) is 2. The highest BCUT2D eigenvalue weighted by atomic mass is 16.5. The summed E-state index contributed by atoms with van der Waals surface area (Å²) in [4.78, 5) is 10.7. The van der Waals surface area contributed by atoms with E-state index in [1.165, 1.54) is 19.3 Å². The van der Waals surface area contributed by atoms with Crippen LogP contribution in [0.4, 0.5) is 0 Å². The highest BCUT2D eigenvalue weighted by Crippen LogP contribution is 2.20. The molecule has 1 fully saturated rings. The van der Waals surface area contributed by atoms with Crippen LogP contribution in [0.5, 0.6) is 0 Å². The van der Waals surface area contributed by atoms with Crippen LogP contribution in [0.2, 0.25) is 0 Å². The van der Waals surface area contributed by atoms with Gasteiger partial charge in [-0.05, 0) is 25.3 Å². The summed E-state index contributed by atoms with van der Waals surface area (Å²) in [6.07, 6.45) is 8.65. The summed E-state index contributed by atoms with van der Waals surface area (Å²) in [6.45, 7) is 2.29. The Kier molecular flexibility index (Phi) is 5.40. The van der Waals surface area contributed by atoms with Crippen LogP contribution in [-0.4, -0.2) is 23.8 Å². The van der Waals surface area contributed by atoms with E-state index in [1.807, 2.05) is 6.92 Å². The van der Waals surface area contributed by atoms with Crippen molar-refractivity contribution in [3.8, 4) is 0 Å². The monoisotopic (exact) mass is 212 g/mol. The lowest BCUT2D eigenvalue weighted by atomic mass is 9.98. The predicted octanol–water partition coefficient (Wildman–Crippen LogP) is 2.76. The Hall–Kier alpha value is -0.830. The number of carboxylic acid groups (broad SMARTS) is 1. The summed E-state index contributed by atoms with van der Waals surface area (Å²) in [5.41, 5.74) is 0.450. The maximum absolute atomic E-state index is 10.7. The van der Waals surface area contributed by atoms with Crippen LogP contribution in [0.1, 0.15) is 45.4 Å². The maximum Gasteiger partial charge on any atom is 0.331 e. The van der Waals surface area contributed by atoms with Gasteiger partial charge in [-0.15, -0.1) is 0 Å². The molecule has 1 aliphatic rings. The number of carbonyl (C=O) groups is 1. The molecule has 3 heteroatoms. The summed E-state index contributed by atoms with van der Waals surface area (Å²) in [7, 11) is 0. The fourth-order valence-corrected chi connectivity index (χ4v) is 1.90. The third kappa shape index (κ3) is 4.47. The van der Waals surface area contributed by atoms with Gasteiger partial charge in [-0.3, -0.25) is 0 Å². The minimum Gasteiger partial charge on any atom is -0.478 e. The van der Waals surface area contributed by atoms with Crippen molar-refractivity contribution in [3.05, 3.63) is 11.6 Å². The Bertz CT molecular complexity index is 227.